The Labute approximate surface area is 317 Å². The lowest BCUT2D eigenvalue weighted by atomic mass is 10.0. The highest BCUT2D eigenvalue weighted by Gasteiger charge is 2.61. The van der Waals surface area contributed by atoms with Crippen LogP contribution in [0.5, 0.6) is 0 Å². The number of hydrogen-bond donors (Lipinski definition) is 7. The molecule has 3 aromatic carbocycles. The smallest absolute Gasteiger partial charge is 0.243 e. The van der Waals surface area contributed by atoms with E-state index in [1.54, 1.807) is 61.7 Å². The Kier molecular flexibility index (Phi) is 16.1. The zero-order valence-electron chi connectivity index (χ0n) is 30.8. The molecule has 0 saturated heterocycles. The lowest BCUT2D eigenvalue weighted by Crippen LogP contribution is -2.56. The molecule has 3 amide bonds. The first-order chi connectivity index (χ1) is 25.9. The van der Waals surface area contributed by atoms with Crippen LogP contribution in [0, 0.1) is 11.3 Å². The molecule has 0 heterocycles. The van der Waals surface area contributed by atoms with E-state index in [-0.39, 0.29) is 49.2 Å². The number of amidine groups is 1. The number of hydrogen-bond acceptors (Lipinski definition) is 9. The molecule has 1 aliphatic rings. The highest BCUT2D eigenvalue weighted by Crippen LogP contribution is 2.47. The van der Waals surface area contributed by atoms with E-state index in [4.69, 9.17) is 26.4 Å². The van der Waals surface area contributed by atoms with Gasteiger partial charge in [-0.1, -0.05) is 78.9 Å². The number of methoxy groups -OCH3 is 1. The molecule has 15 heteroatoms. The van der Waals surface area contributed by atoms with Crippen LogP contribution < -0.4 is 32.1 Å². The Morgan fingerprint density at radius 1 is 0.907 bits per heavy atom. The van der Waals surface area contributed by atoms with Crippen LogP contribution in [0.3, 0.4) is 0 Å². The van der Waals surface area contributed by atoms with Crippen molar-refractivity contribution in [1.82, 2.24) is 20.7 Å². The maximum atomic E-state index is 14.3. The quantitative estimate of drug-likeness (QED) is 0.0402. The van der Waals surface area contributed by atoms with Gasteiger partial charge in [0, 0.05) is 58.4 Å². The van der Waals surface area contributed by atoms with Crippen LogP contribution in [0.15, 0.2) is 78.9 Å². The van der Waals surface area contributed by atoms with Gasteiger partial charge < -0.3 is 36.9 Å². The van der Waals surface area contributed by atoms with E-state index in [0.717, 1.165) is 23.1 Å². The maximum Gasteiger partial charge on any atom is 0.243 e. The van der Waals surface area contributed by atoms with Gasteiger partial charge in [-0.25, -0.2) is 8.42 Å². The third-order valence-electron chi connectivity index (χ3n) is 9.23. The SMILES string of the molecule is COCCCOCCC(=O)NCCCC1CC1(NS(=O)(=O)Cc1ccccc1)C(=O)N[C@@H](Cc1cccc(CN)c1)C(=O)NCc1ccc(C(=N)N)cc1. The third kappa shape index (κ3) is 13.3. The number of carbonyl (C=O) groups excluding carboxylic acids is 3. The molecule has 1 aliphatic carbocycles. The minimum atomic E-state index is -3.99. The molecule has 1 saturated carbocycles. The van der Waals surface area contributed by atoms with Gasteiger partial charge in [0.2, 0.25) is 27.7 Å². The van der Waals surface area contributed by atoms with Gasteiger partial charge in [-0.2, -0.15) is 4.72 Å². The molecule has 2 unspecified atom stereocenters. The molecule has 9 N–H and O–H groups in total. The number of ether oxygens (including phenoxy) is 2. The van der Waals surface area contributed by atoms with Crippen molar-refractivity contribution < 1.29 is 32.3 Å². The van der Waals surface area contributed by atoms with Crippen LogP contribution in [0.25, 0.3) is 0 Å². The summed E-state index contributed by atoms with van der Waals surface area (Å²) in [5, 5.41) is 16.3. The number of benzene rings is 3. The lowest BCUT2D eigenvalue weighted by molar-refractivity contribution is -0.130. The second-order valence-corrected chi connectivity index (χ2v) is 15.2. The molecule has 292 valence electrons. The van der Waals surface area contributed by atoms with E-state index in [0.29, 0.717) is 56.9 Å². The van der Waals surface area contributed by atoms with E-state index in [9.17, 15) is 22.8 Å². The second kappa shape index (κ2) is 20.7. The molecule has 0 aromatic heterocycles. The van der Waals surface area contributed by atoms with Gasteiger partial charge in [0.25, 0.3) is 0 Å². The summed E-state index contributed by atoms with van der Waals surface area (Å²) in [6.45, 7) is 2.18. The number of nitrogens with two attached hydrogens (primary N) is 2. The van der Waals surface area contributed by atoms with Gasteiger partial charge in [0.1, 0.15) is 17.4 Å². The monoisotopic (exact) mass is 763 g/mol. The van der Waals surface area contributed by atoms with E-state index in [1.165, 1.54) is 0 Å². The van der Waals surface area contributed by atoms with Crippen LogP contribution in [-0.4, -0.2) is 77.0 Å². The summed E-state index contributed by atoms with van der Waals surface area (Å²) in [6, 6.07) is 21.9. The van der Waals surface area contributed by atoms with Crippen molar-refractivity contribution in [1.29, 1.82) is 5.41 Å². The van der Waals surface area contributed by atoms with Gasteiger partial charge in [-0.15, -0.1) is 0 Å². The number of nitrogens with one attached hydrogen (secondary N) is 5. The van der Waals surface area contributed by atoms with Crippen molar-refractivity contribution >= 4 is 33.6 Å². The number of carbonyl (C=O) groups is 3. The van der Waals surface area contributed by atoms with Crippen LogP contribution in [0.1, 0.15) is 59.9 Å². The average Bonchev–Trinajstić information content (AvgIpc) is 3.86. The summed E-state index contributed by atoms with van der Waals surface area (Å²) in [4.78, 5) is 40.3. The third-order valence-corrected chi connectivity index (χ3v) is 10.6. The Morgan fingerprint density at radius 2 is 1.63 bits per heavy atom. The standard InChI is InChI=1S/C39H53N7O7S/c1-52-19-7-20-53-21-17-35(47)43-18-6-12-33-24-39(33,46-54(50,51)27-29-8-3-2-4-9-29)38(49)45-34(23-30-10-5-11-31(22-30)25-40)37(48)44-26-28-13-15-32(16-14-28)36(41)42/h2-5,8-11,13-16,22,33-34,46H,6-7,12,17-21,23-27,40H2,1H3,(H3,41,42)(H,43,47)(H,44,48)(H,45,49)/t33?,34-,39?/m0/s1. The molecule has 3 aromatic rings. The number of amides is 3. The van der Waals surface area contributed by atoms with E-state index < -0.39 is 33.4 Å². The molecule has 54 heavy (non-hydrogen) atoms. The zero-order valence-corrected chi connectivity index (χ0v) is 31.6. The van der Waals surface area contributed by atoms with Crippen molar-refractivity contribution in [2.75, 3.05) is 33.5 Å². The normalized spacial score (nSPS) is 17.0. The van der Waals surface area contributed by atoms with E-state index in [2.05, 4.69) is 20.7 Å². The first kappa shape index (κ1) is 42.1. The summed E-state index contributed by atoms with van der Waals surface area (Å²) in [7, 11) is -2.37. The summed E-state index contributed by atoms with van der Waals surface area (Å²) >= 11 is 0. The maximum absolute atomic E-state index is 14.3. The zero-order chi connectivity index (χ0) is 39.0. The minimum absolute atomic E-state index is 0.0698. The van der Waals surface area contributed by atoms with Crippen molar-refractivity contribution in [3.63, 3.8) is 0 Å². The molecular formula is C39H53N7O7S. The van der Waals surface area contributed by atoms with Gasteiger partial charge in [0.05, 0.1) is 12.4 Å². The first-order valence-corrected chi connectivity index (χ1v) is 19.8. The molecule has 14 nitrogen and oxygen atoms in total. The van der Waals surface area contributed by atoms with Gasteiger partial charge >= 0.3 is 0 Å². The number of rotatable bonds is 24. The van der Waals surface area contributed by atoms with Gasteiger partial charge in [-0.05, 0) is 53.9 Å². The van der Waals surface area contributed by atoms with Gasteiger partial charge in [0.15, 0.2) is 0 Å². The van der Waals surface area contributed by atoms with Gasteiger partial charge in [-0.3, -0.25) is 19.8 Å². The minimum Gasteiger partial charge on any atom is -0.385 e. The molecule has 0 spiro atoms. The summed E-state index contributed by atoms with van der Waals surface area (Å²) in [6.07, 6.45) is 2.29. The molecule has 0 bridgehead atoms. The fourth-order valence-corrected chi connectivity index (χ4v) is 7.80. The number of sulfonamides is 1. The fraction of sp³-hybridized carbons (Fsp3) is 0.436. The Balaban J connectivity index is 1.46. The van der Waals surface area contributed by atoms with Crippen LogP contribution >= 0.6 is 0 Å². The van der Waals surface area contributed by atoms with E-state index >= 15 is 0 Å². The predicted molar refractivity (Wildman–Crippen MR) is 206 cm³/mol. The van der Waals surface area contributed by atoms with Crippen molar-refractivity contribution in [3.8, 4) is 0 Å². The summed E-state index contributed by atoms with van der Waals surface area (Å²) < 4.78 is 40.2. The van der Waals surface area contributed by atoms with Crippen LogP contribution in [0.4, 0.5) is 0 Å². The molecular weight excluding hydrogens is 711 g/mol. The lowest BCUT2D eigenvalue weighted by Gasteiger charge is -2.24. The second-order valence-electron chi connectivity index (χ2n) is 13.5. The molecule has 4 rings (SSSR count). The molecule has 0 aliphatic heterocycles. The first-order valence-electron chi connectivity index (χ1n) is 18.1. The largest absolute Gasteiger partial charge is 0.385 e. The van der Waals surface area contributed by atoms with E-state index in [1.807, 2.05) is 24.3 Å². The Morgan fingerprint density at radius 3 is 2.33 bits per heavy atom. The summed E-state index contributed by atoms with van der Waals surface area (Å²) in [5.74, 6) is -1.97. The Bertz CT molecular complexity index is 1810. The van der Waals surface area contributed by atoms with Crippen molar-refractivity contribution in [2.45, 2.75) is 68.9 Å². The molecule has 1 fully saturated rings. The highest BCUT2D eigenvalue weighted by molar-refractivity contribution is 7.88. The fourth-order valence-electron chi connectivity index (χ4n) is 6.20. The Hall–Kier alpha value is -4.67. The molecule has 3 atom stereocenters. The van der Waals surface area contributed by atoms with Crippen LogP contribution in [0.2, 0.25) is 0 Å². The highest BCUT2D eigenvalue weighted by atomic mass is 32.2. The van der Waals surface area contributed by atoms with Crippen molar-refractivity contribution in [3.05, 3.63) is 107 Å². The number of nitrogen functional groups attached to an aromatic ring is 1. The van der Waals surface area contributed by atoms with Crippen LogP contribution in [-0.2, 0) is 59.1 Å². The molecule has 0 radical (unpaired) electrons. The van der Waals surface area contributed by atoms with Crippen molar-refractivity contribution in [2.24, 2.45) is 17.4 Å². The average molecular weight is 764 g/mol. The topological polar surface area (TPSA) is 228 Å². The summed E-state index contributed by atoms with van der Waals surface area (Å²) in [5.41, 5.74) is 13.5. The predicted octanol–water partition coefficient (Wildman–Crippen LogP) is 1.99.